The molecule has 19 heavy (non-hydrogen) atoms. The number of nitrogens with zero attached hydrogens (tertiary/aromatic N) is 6. The summed E-state index contributed by atoms with van der Waals surface area (Å²) in [6.07, 6.45) is 3.39. The standard InChI is InChI=1S/C10H12ClN7O/c11-8-13-9(16-17-4-6-19-7-5-17)15-10(14-8)18-3-1-2-12-18/h1-3H,4-7H2,(H,13,14,15,16). The molecule has 0 saturated carbocycles. The van der Waals surface area contributed by atoms with Gasteiger partial charge in [-0.05, 0) is 17.7 Å². The van der Waals surface area contributed by atoms with Crippen LogP contribution in [0.2, 0.25) is 5.28 Å². The van der Waals surface area contributed by atoms with Crippen molar-refractivity contribution in [2.45, 2.75) is 0 Å². The van der Waals surface area contributed by atoms with Gasteiger partial charge in [-0.15, -0.1) is 0 Å². The molecular formula is C10H12ClN7O. The van der Waals surface area contributed by atoms with Crippen LogP contribution in [0.1, 0.15) is 0 Å². The van der Waals surface area contributed by atoms with Crippen molar-refractivity contribution in [3.8, 4) is 5.95 Å². The Bertz CT molecular complexity index is 541. The molecule has 8 nitrogen and oxygen atoms in total. The molecule has 0 unspecified atom stereocenters. The first-order valence-corrected chi connectivity index (χ1v) is 6.20. The summed E-state index contributed by atoms with van der Waals surface area (Å²) in [6.45, 7) is 2.89. The van der Waals surface area contributed by atoms with Gasteiger partial charge in [-0.25, -0.2) is 9.69 Å². The molecule has 1 fully saturated rings. The number of rotatable bonds is 3. The van der Waals surface area contributed by atoms with Crippen molar-refractivity contribution in [3.63, 3.8) is 0 Å². The van der Waals surface area contributed by atoms with E-state index >= 15 is 0 Å². The topological polar surface area (TPSA) is 81.0 Å². The van der Waals surface area contributed by atoms with E-state index in [0.717, 1.165) is 13.1 Å². The van der Waals surface area contributed by atoms with Crippen LogP contribution in [0.25, 0.3) is 5.95 Å². The number of anilines is 1. The van der Waals surface area contributed by atoms with E-state index in [0.29, 0.717) is 25.1 Å². The Morgan fingerprint density at radius 1 is 1.21 bits per heavy atom. The highest BCUT2D eigenvalue weighted by Crippen LogP contribution is 2.10. The fourth-order valence-corrected chi connectivity index (χ4v) is 1.85. The summed E-state index contributed by atoms with van der Waals surface area (Å²) in [4.78, 5) is 12.3. The minimum absolute atomic E-state index is 0.122. The predicted octanol–water partition coefficient (Wildman–Crippen LogP) is 0.370. The third-order valence-corrected chi connectivity index (χ3v) is 2.74. The van der Waals surface area contributed by atoms with Gasteiger partial charge in [0.1, 0.15) is 0 Å². The lowest BCUT2D eigenvalue weighted by molar-refractivity contribution is 0.0492. The van der Waals surface area contributed by atoms with Crippen LogP contribution in [0.4, 0.5) is 5.95 Å². The first-order chi connectivity index (χ1) is 9.31. The quantitative estimate of drug-likeness (QED) is 0.870. The second-order valence-corrected chi connectivity index (χ2v) is 4.23. The number of morpholine rings is 1. The molecule has 0 atom stereocenters. The van der Waals surface area contributed by atoms with Gasteiger partial charge in [0.25, 0.3) is 5.95 Å². The molecule has 1 saturated heterocycles. The van der Waals surface area contributed by atoms with Crippen LogP contribution in [0.5, 0.6) is 0 Å². The first kappa shape index (κ1) is 12.3. The van der Waals surface area contributed by atoms with Gasteiger partial charge in [0.2, 0.25) is 11.2 Å². The average Bonchev–Trinajstić information content (AvgIpc) is 2.93. The number of halogens is 1. The van der Waals surface area contributed by atoms with Crippen molar-refractivity contribution in [2.75, 3.05) is 31.7 Å². The van der Waals surface area contributed by atoms with Gasteiger partial charge in [-0.3, -0.25) is 5.43 Å². The molecule has 0 amide bonds. The van der Waals surface area contributed by atoms with E-state index in [9.17, 15) is 0 Å². The van der Waals surface area contributed by atoms with Gasteiger partial charge in [0, 0.05) is 25.5 Å². The number of nitrogens with one attached hydrogen (secondary N) is 1. The van der Waals surface area contributed by atoms with Gasteiger partial charge in [-0.1, -0.05) is 0 Å². The van der Waals surface area contributed by atoms with Crippen LogP contribution >= 0.6 is 11.6 Å². The molecule has 100 valence electrons. The molecular weight excluding hydrogens is 270 g/mol. The Morgan fingerprint density at radius 3 is 2.79 bits per heavy atom. The maximum atomic E-state index is 5.90. The van der Waals surface area contributed by atoms with Crippen molar-refractivity contribution < 1.29 is 4.74 Å². The van der Waals surface area contributed by atoms with Crippen molar-refractivity contribution in [3.05, 3.63) is 23.7 Å². The van der Waals surface area contributed by atoms with E-state index in [2.05, 4.69) is 25.5 Å². The number of hydrogen-bond acceptors (Lipinski definition) is 7. The smallest absolute Gasteiger partial charge is 0.256 e. The van der Waals surface area contributed by atoms with Gasteiger partial charge in [0.05, 0.1) is 13.2 Å². The maximum Gasteiger partial charge on any atom is 0.256 e. The molecule has 1 aliphatic heterocycles. The van der Waals surface area contributed by atoms with E-state index in [4.69, 9.17) is 16.3 Å². The van der Waals surface area contributed by atoms with Gasteiger partial charge in [-0.2, -0.15) is 20.1 Å². The molecule has 0 aromatic carbocycles. The maximum absolute atomic E-state index is 5.90. The molecule has 0 aliphatic carbocycles. The SMILES string of the molecule is Clc1nc(NN2CCOCC2)nc(-n2cccn2)n1. The highest BCUT2D eigenvalue weighted by Gasteiger charge is 2.13. The summed E-state index contributed by atoms with van der Waals surface area (Å²) in [5.74, 6) is 0.771. The lowest BCUT2D eigenvalue weighted by Gasteiger charge is -2.26. The number of hydrazine groups is 1. The molecule has 2 aromatic rings. The Balaban J connectivity index is 1.81. The van der Waals surface area contributed by atoms with Crippen molar-refractivity contribution in [1.29, 1.82) is 0 Å². The molecule has 3 heterocycles. The zero-order valence-corrected chi connectivity index (χ0v) is 10.8. The largest absolute Gasteiger partial charge is 0.379 e. The lowest BCUT2D eigenvalue weighted by atomic mass is 10.5. The molecule has 1 N–H and O–H groups in total. The summed E-state index contributed by atoms with van der Waals surface area (Å²) in [7, 11) is 0. The van der Waals surface area contributed by atoms with E-state index in [1.165, 1.54) is 4.68 Å². The third-order valence-electron chi connectivity index (χ3n) is 2.57. The molecule has 9 heteroatoms. The molecule has 0 spiro atoms. The van der Waals surface area contributed by atoms with Crippen LogP contribution in [0.15, 0.2) is 18.5 Å². The monoisotopic (exact) mass is 281 g/mol. The number of aromatic nitrogens is 5. The Labute approximate surface area is 114 Å². The van der Waals surface area contributed by atoms with E-state index < -0.39 is 0 Å². The molecule has 0 bridgehead atoms. The lowest BCUT2D eigenvalue weighted by Crippen LogP contribution is -2.40. The summed E-state index contributed by atoms with van der Waals surface area (Å²) in [6, 6.07) is 1.78. The Hall–Kier alpha value is -1.77. The normalized spacial score (nSPS) is 16.5. The summed E-state index contributed by atoms with van der Waals surface area (Å²) >= 11 is 5.90. The fourth-order valence-electron chi connectivity index (χ4n) is 1.70. The van der Waals surface area contributed by atoms with Crippen LogP contribution in [-0.2, 0) is 4.74 Å². The van der Waals surface area contributed by atoms with Crippen molar-refractivity contribution >= 4 is 17.5 Å². The van der Waals surface area contributed by atoms with Crippen LogP contribution in [-0.4, -0.2) is 56.0 Å². The van der Waals surface area contributed by atoms with E-state index in [1.54, 1.807) is 18.5 Å². The molecule has 3 rings (SSSR count). The number of ether oxygens (including phenoxy) is 1. The van der Waals surface area contributed by atoms with Crippen molar-refractivity contribution in [2.24, 2.45) is 0 Å². The summed E-state index contributed by atoms with van der Waals surface area (Å²) < 4.78 is 6.79. The second kappa shape index (κ2) is 5.47. The van der Waals surface area contributed by atoms with Gasteiger partial charge >= 0.3 is 0 Å². The Morgan fingerprint density at radius 2 is 2.05 bits per heavy atom. The summed E-state index contributed by atoms with van der Waals surface area (Å²) in [5.41, 5.74) is 3.09. The van der Waals surface area contributed by atoms with Crippen LogP contribution in [0, 0.1) is 0 Å². The highest BCUT2D eigenvalue weighted by molar-refractivity contribution is 6.28. The van der Waals surface area contributed by atoms with E-state index in [-0.39, 0.29) is 5.28 Å². The van der Waals surface area contributed by atoms with Gasteiger partial charge < -0.3 is 4.74 Å². The first-order valence-electron chi connectivity index (χ1n) is 5.82. The minimum Gasteiger partial charge on any atom is -0.379 e. The zero-order valence-electron chi connectivity index (χ0n) is 10.0. The van der Waals surface area contributed by atoms with Crippen LogP contribution in [0.3, 0.4) is 0 Å². The zero-order chi connectivity index (χ0) is 13.1. The predicted molar refractivity (Wildman–Crippen MR) is 68.0 cm³/mol. The van der Waals surface area contributed by atoms with E-state index in [1.807, 2.05) is 5.01 Å². The second-order valence-electron chi connectivity index (χ2n) is 3.89. The third kappa shape index (κ3) is 2.98. The molecule has 1 aliphatic rings. The highest BCUT2D eigenvalue weighted by atomic mass is 35.5. The minimum atomic E-state index is 0.122. The van der Waals surface area contributed by atoms with Crippen molar-refractivity contribution in [1.82, 2.24) is 29.7 Å². The van der Waals surface area contributed by atoms with Crippen LogP contribution < -0.4 is 5.43 Å². The molecule has 2 aromatic heterocycles. The summed E-state index contributed by atoms with van der Waals surface area (Å²) in [5, 5.41) is 6.16. The average molecular weight is 282 g/mol. The number of hydrogen-bond donors (Lipinski definition) is 1. The molecule has 0 radical (unpaired) electrons. The van der Waals surface area contributed by atoms with Gasteiger partial charge in [0.15, 0.2) is 0 Å². The fraction of sp³-hybridized carbons (Fsp3) is 0.400. The Kier molecular flexibility index (Phi) is 3.53.